The van der Waals surface area contributed by atoms with Gasteiger partial charge in [0.2, 0.25) is 5.95 Å². The number of rotatable bonds is 8. The first-order valence-corrected chi connectivity index (χ1v) is 9.11. The van der Waals surface area contributed by atoms with Gasteiger partial charge in [-0.2, -0.15) is 4.98 Å². The van der Waals surface area contributed by atoms with Crippen LogP contribution in [0.2, 0.25) is 0 Å². The van der Waals surface area contributed by atoms with Gasteiger partial charge in [0.1, 0.15) is 5.82 Å². The van der Waals surface area contributed by atoms with E-state index >= 15 is 0 Å². The van der Waals surface area contributed by atoms with Gasteiger partial charge < -0.3 is 15.7 Å². The fraction of sp³-hybridized carbons (Fsp3) is 0.500. The zero-order valence-corrected chi connectivity index (χ0v) is 15.3. The van der Waals surface area contributed by atoms with Crippen molar-refractivity contribution in [1.82, 2.24) is 9.97 Å². The van der Waals surface area contributed by atoms with E-state index < -0.39 is 0 Å². The van der Waals surface area contributed by atoms with Crippen LogP contribution in [0.4, 0.5) is 11.8 Å². The van der Waals surface area contributed by atoms with Crippen LogP contribution in [0.1, 0.15) is 49.4 Å². The second kappa shape index (κ2) is 7.83. The third kappa shape index (κ3) is 4.92. The van der Waals surface area contributed by atoms with Crippen LogP contribution in [0.5, 0.6) is 0 Å². The van der Waals surface area contributed by atoms with Crippen molar-refractivity contribution in [3.05, 3.63) is 47.2 Å². The van der Waals surface area contributed by atoms with E-state index in [4.69, 9.17) is 0 Å². The smallest absolute Gasteiger partial charge is 0.225 e. The summed E-state index contributed by atoms with van der Waals surface area (Å²) in [6, 6.07) is 10.5. The third-order valence-electron chi connectivity index (χ3n) is 4.61. The van der Waals surface area contributed by atoms with Gasteiger partial charge in [0.05, 0.1) is 18.3 Å². The highest BCUT2D eigenvalue weighted by molar-refractivity contribution is 5.45. The Kier molecular flexibility index (Phi) is 5.53. The molecule has 0 unspecified atom stereocenters. The molecule has 1 aromatic heterocycles. The number of aliphatic hydroxyl groups excluding tert-OH is 1. The molecular weight excluding hydrogens is 312 g/mol. The van der Waals surface area contributed by atoms with E-state index in [1.807, 2.05) is 0 Å². The van der Waals surface area contributed by atoms with Gasteiger partial charge >= 0.3 is 0 Å². The lowest BCUT2D eigenvalue weighted by Crippen LogP contribution is -2.30. The first kappa shape index (κ1) is 17.7. The van der Waals surface area contributed by atoms with Crippen molar-refractivity contribution in [1.29, 1.82) is 0 Å². The van der Waals surface area contributed by atoms with E-state index in [0.29, 0.717) is 17.8 Å². The molecule has 5 nitrogen and oxygen atoms in total. The largest absolute Gasteiger partial charge is 0.394 e. The molecule has 0 saturated heterocycles. The van der Waals surface area contributed by atoms with E-state index in [9.17, 15) is 5.11 Å². The molecule has 3 rings (SSSR count). The standard InChI is InChI=1S/C20H28N4O/c1-13(2)18(12-25)23-20-22-17(16-7-8-16)10-19(24-20)21-11-15-6-4-5-14(3)9-15/h4-6,9-10,13,16,18,25H,7-8,11-12H2,1-3H3,(H2,21,22,23,24)/t18-/m1/s1. The maximum absolute atomic E-state index is 9.56. The molecule has 2 aromatic rings. The summed E-state index contributed by atoms with van der Waals surface area (Å²) in [5.74, 6) is 2.29. The number of benzene rings is 1. The lowest BCUT2D eigenvalue weighted by molar-refractivity contribution is 0.248. The summed E-state index contributed by atoms with van der Waals surface area (Å²) in [6.07, 6.45) is 2.39. The van der Waals surface area contributed by atoms with Crippen LogP contribution in [-0.4, -0.2) is 27.7 Å². The summed E-state index contributed by atoms with van der Waals surface area (Å²) >= 11 is 0. The van der Waals surface area contributed by atoms with E-state index in [1.54, 1.807) is 0 Å². The Morgan fingerprint density at radius 1 is 1.20 bits per heavy atom. The molecule has 1 aliphatic rings. The number of aliphatic hydroxyl groups is 1. The Hall–Kier alpha value is -2.14. The third-order valence-corrected chi connectivity index (χ3v) is 4.61. The van der Waals surface area contributed by atoms with Gasteiger partial charge in [-0.05, 0) is 31.2 Å². The van der Waals surface area contributed by atoms with E-state index in [-0.39, 0.29) is 12.6 Å². The maximum atomic E-state index is 9.56. The predicted octanol–water partition coefficient (Wildman–Crippen LogP) is 3.70. The van der Waals surface area contributed by atoms with Crippen LogP contribution in [0.15, 0.2) is 30.3 Å². The monoisotopic (exact) mass is 340 g/mol. The molecule has 0 radical (unpaired) electrons. The Morgan fingerprint density at radius 3 is 2.64 bits per heavy atom. The molecular formula is C20H28N4O. The number of hydrogen-bond donors (Lipinski definition) is 3. The van der Waals surface area contributed by atoms with Crippen molar-refractivity contribution in [2.45, 2.75) is 52.1 Å². The van der Waals surface area contributed by atoms with Crippen LogP contribution in [0.3, 0.4) is 0 Å². The van der Waals surface area contributed by atoms with Gasteiger partial charge in [0.25, 0.3) is 0 Å². The normalized spacial score (nSPS) is 15.2. The van der Waals surface area contributed by atoms with Crippen LogP contribution in [0.25, 0.3) is 0 Å². The summed E-state index contributed by atoms with van der Waals surface area (Å²) in [7, 11) is 0. The van der Waals surface area contributed by atoms with Crippen molar-refractivity contribution in [3.8, 4) is 0 Å². The number of hydrogen-bond acceptors (Lipinski definition) is 5. The Labute approximate surface area is 149 Å². The van der Waals surface area contributed by atoms with Gasteiger partial charge in [0, 0.05) is 18.5 Å². The average Bonchev–Trinajstić information content (AvgIpc) is 3.42. The summed E-state index contributed by atoms with van der Waals surface area (Å²) in [5.41, 5.74) is 3.58. The van der Waals surface area contributed by atoms with Gasteiger partial charge in [0.15, 0.2) is 0 Å². The van der Waals surface area contributed by atoms with Gasteiger partial charge in [-0.25, -0.2) is 4.98 Å². The minimum Gasteiger partial charge on any atom is -0.394 e. The second-order valence-electron chi connectivity index (χ2n) is 7.30. The Bertz CT molecular complexity index is 713. The molecule has 0 spiro atoms. The Morgan fingerprint density at radius 2 is 2.00 bits per heavy atom. The number of aryl methyl sites for hydroxylation is 1. The number of nitrogens with zero attached hydrogens (tertiary/aromatic N) is 2. The molecule has 1 fully saturated rings. The fourth-order valence-corrected chi connectivity index (χ4v) is 2.81. The number of nitrogens with one attached hydrogen (secondary N) is 2. The van der Waals surface area contributed by atoms with Crippen LogP contribution >= 0.6 is 0 Å². The molecule has 0 aliphatic heterocycles. The first-order chi connectivity index (χ1) is 12.0. The topological polar surface area (TPSA) is 70.1 Å². The SMILES string of the molecule is Cc1cccc(CNc2cc(C3CC3)nc(N[C@H](CO)C(C)C)n2)c1. The molecule has 1 atom stereocenters. The molecule has 1 heterocycles. The minimum atomic E-state index is -0.0425. The molecule has 25 heavy (non-hydrogen) atoms. The second-order valence-corrected chi connectivity index (χ2v) is 7.30. The first-order valence-electron chi connectivity index (χ1n) is 9.11. The van der Waals surface area contributed by atoms with Crippen molar-refractivity contribution in [3.63, 3.8) is 0 Å². The molecule has 1 saturated carbocycles. The number of anilines is 2. The van der Waals surface area contributed by atoms with E-state index in [0.717, 1.165) is 18.1 Å². The van der Waals surface area contributed by atoms with Gasteiger partial charge in [-0.1, -0.05) is 43.7 Å². The number of aromatic nitrogens is 2. The maximum Gasteiger partial charge on any atom is 0.225 e. The van der Waals surface area contributed by atoms with Crippen LogP contribution in [0, 0.1) is 12.8 Å². The zero-order chi connectivity index (χ0) is 17.8. The highest BCUT2D eigenvalue weighted by atomic mass is 16.3. The summed E-state index contributed by atoms with van der Waals surface area (Å²) in [6.45, 7) is 7.06. The molecule has 1 aromatic carbocycles. The molecule has 1 aliphatic carbocycles. The lowest BCUT2D eigenvalue weighted by atomic mass is 10.1. The highest BCUT2D eigenvalue weighted by Crippen LogP contribution is 2.40. The summed E-state index contributed by atoms with van der Waals surface area (Å²) in [5, 5.41) is 16.3. The Balaban J connectivity index is 1.75. The predicted molar refractivity (Wildman–Crippen MR) is 102 cm³/mol. The molecule has 5 heteroatoms. The van der Waals surface area contributed by atoms with Gasteiger partial charge in [-0.3, -0.25) is 0 Å². The van der Waals surface area contributed by atoms with Crippen molar-refractivity contribution >= 4 is 11.8 Å². The zero-order valence-electron chi connectivity index (χ0n) is 15.3. The van der Waals surface area contributed by atoms with Crippen LogP contribution in [-0.2, 0) is 6.54 Å². The summed E-state index contributed by atoms with van der Waals surface area (Å²) in [4.78, 5) is 9.27. The molecule has 3 N–H and O–H groups in total. The molecule has 0 amide bonds. The van der Waals surface area contributed by atoms with Crippen LogP contribution < -0.4 is 10.6 Å². The fourth-order valence-electron chi connectivity index (χ4n) is 2.81. The van der Waals surface area contributed by atoms with E-state index in [1.165, 1.54) is 24.0 Å². The minimum absolute atomic E-state index is 0.0425. The highest BCUT2D eigenvalue weighted by Gasteiger charge is 2.26. The molecule has 0 bridgehead atoms. The quantitative estimate of drug-likeness (QED) is 0.683. The van der Waals surface area contributed by atoms with Crippen molar-refractivity contribution in [2.24, 2.45) is 5.92 Å². The molecule has 134 valence electrons. The van der Waals surface area contributed by atoms with Gasteiger partial charge in [-0.15, -0.1) is 0 Å². The summed E-state index contributed by atoms with van der Waals surface area (Å²) < 4.78 is 0. The average molecular weight is 340 g/mol. The van der Waals surface area contributed by atoms with Crippen molar-refractivity contribution < 1.29 is 5.11 Å². The van der Waals surface area contributed by atoms with E-state index in [2.05, 4.69) is 71.7 Å². The lowest BCUT2D eigenvalue weighted by Gasteiger charge is -2.20. The van der Waals surface area contributed by atoms with Crippen molar-refractivity contribution in [2.75, 3.05) is 17.2 Å².